The van der Waals surface area contributed by atoms with Crippen LogP contribution in [0.25, 0.3) is 0 Å². The van der Waals surface area contributed by atoms with Gasteiger partial charge in [0.25, 0.3) is 0 Å². The smallest absolute Gasteiger partial charge is 0.465 e. The second-order valence-electron chi connectivity index (χ2n) is 17.4. The van der Waals surface area contributed by atoms with Crippen molar-refractivity contribution < 1.29 is 38.3 Å². The minimum atomic E-state index is -0.841. The number of primary amides is 1. The van der Waals surface area contributed by atoms with E-state index in [1.54, 1.807) is 25.7 Å². The van der Waals surface area contributed by atoms with Gasteiger partial charge >= 0.3 is 19.3 Å². The zero-order valence-electron chi connectivity index (χ0n) is 35.7. The molecule has 56 heavy (non-hydrogen) atoms. The molecule has 0 radical (unpaired) electrons. The lowest BCUT2D eigenvalue weighted by molar-refractivity contribution is -0.138. The molecule has 4 amide bonds. The van der Waals surface area contributed by atoms with Crippen LogP contribution in [0.2, 0.25) is 0 Å². The van der Waals surface area contributed by atoms with E-state index in [4.69, 9.17) is 20.1 Å². The summed E-state index contributed by atoms with van der Waals surface area (Å²) in [6, 6.07) is 7.44. The van der Waals surface area contributed by atoms with E-state index in [0.29, 0.717) is 32.0 Å². The van der Waals surface area contributed by atoms with Crippen molar-refractivity contribution >= 4 is 31.1 Å². The summed E-state index contributed by atoms with van der Waals surface area (Å²) < 4.78 is 17.8. The quantitative estimate of drug-likeness (QED) is 0.189. The van der Waals surface area contributed by atoms with Crippen molar-refractivity contribution in [3.8, 4) is 0 Å². The van der Waals surface area contributed by atoms with Crippen molar-refractivity contribution in [1.82, 2.24) is 15.1 Å². The van der Waals surface area contributed by atoms with E-state index >= 15 is 0 Å². The lowest BCUT2D eigenvalue weighted by Crippen LogP contribution is -2.54. The van der Waals surface area contributed by atoms with Crippen LogP contribution in [0.1, 0.15) is 150 Å². The number of nitrogens with one attached hydrogen (secondary N) is 1. The van der Waals surface area contributed by atoms with E-state index in [1.165, 1.54) is 17.7 Å². The predicted molar refractivity (Wildman–Crippen MR) is 221 cm³/mol. The second-order valence-corrected chi connectivity index (χ2v) is 17.4. The number of fused-ring (bicyclic) bond motifs is 3. The number of nitrogens with zero attached hydrogens (tertiary/aromatic N) is 2. The molecule has 1 unspecified atom stereocenters. The third kappa shape index (κ3) is 13.5. The monoisotopic (exact) mass is 783 g/mol. The number of nitrogens with two attached hydrogens (primary N) is 1. The first-order valence-corrected chi connectivity index (χ1v) is 21.0. The second kappa shape index (κ2) is 21.3. The summed E-state index contributed by atoms with van der Waals surface area (Å²) in [6.07, 6.45) is 14.2. The van der Waals surface area contributed by atoms with Gasteiger partial charge in [-0.1, -0.05) is 90.3 Å². The molecule has 314 valence electrons. The lowest BCUT2D eigenvalue weighted by atomic mass is 9.63. The van der Waals surface area contributed by atoms with Crippen molar-refractivity contribution in [1.29, 1.82) is 0 Å². The number of rotatable bonds is 1. The topological polar surface area (TPSA) is 161 Å². The Kier molecular flexibility index (Phi) is 17.8. The van der Waals surface area contributed by atoms with E-state index in [2.05, 4.69) is 49.9 Å². The van der Waals surface area contributed by atoms with Crippen LogP contribution in [-0.4, -0.2) is 81.9 Å². The van der Waals surface area contributed by atoms with Crippen LogP contribution >= 0.6 is 0 Å². The average Bonchev–Trinajstić information content (AvgIpc) is 3.88. The van der Waals surface area contributed by atoms with Gasteiger partial charge in [-0.05, 0) is 102 Å². The Bertz CT molecular complexity index is 1460. The summed E-state index contributed by atoms with van der Waals surface area (Å²) in [5.74, 6) is 0.248. The Labute approximate surface area is 336 Å². The fraction of sp³-hybridized carbons (Fsp3) is 0.721. The van der Waals surface area contributed by atoms with Gasteiger partial charge < -0.3 is 35.1 Å². The maximum atomic E-state index is 13.4. The molecule has 0 bridgehead atoms. The van der Waals surface area contributed by atoms with Gasteiger partial charge in [0.15, 0.2) is 0 Å². The molecule has 1 aliphatic carbocycles. The van der Waals surface area contributed by atoms with Gasteiger partial charge in [-0.2, -0.15) is 0 Å². The van der Waals surface area contributed by atoms with Crippen molar-refractivity contribution in [2.75, 3.05) is 6.54 Å². The molecular formula is C43H71BN4O8. The molecule has 12 nitrogen and oxygen atoms in total. The lowest BCUT2D eigenvalue weighted by Gasteiger charge is -2.47. The standard InChI is InChI=1S/C27H45BN2O4.C9H9NO2.C5H11NO2.C2H6/c1-20-24-27(4,18-17-26(20,2)3)34-28(33-24)22-15-11-9-7-5-6-8-10-12-16-23(31)30-19-13-14-21(30)25(32)29-22;11-9(12)10-5-7-3-1-2-4-8(7)6-10;1-5(2,3)8-4(6)7;1-2/h8,10,20-22,24H,5-7,9,11-19H2,1-4H3,(H,29,32);1-4H,5-6H2,(H,11,12);1-3H3,(H2,6,7);1-2H3/b10-8+;;;/t20-,21?,22-,24+,27-;;;/m0.../s1. The van der Waals surface area contributed by atoms with Crippen molar-refractivity contribution in [2.45, 2.75) is 182 Å². The van der Waals surface area contributed by atoms with Crippen LogP contribution in [0, 0.1) is 11.3 Å². The number of hydrogen-bond donors (Lipinski definition) is 3. The number of hydrogen-bond acceptors (Lipinski definition) is 7. The Morgan fingerprint density at radius 3 is 2.16 bits per heavy atom. The Morgan fingerprint density at radius 2 is 1.57 bits per heavy atom. The minimum Gasteiger partial charge on any atom is -0.465 e. The number of ether oxygens (including phenoxy) is 1. The SMILES string of the molecule is CC.CC(C)(C)OC(N)=O.C[C@H]1[C@H]2OB([C@@H]3CCCCCC/C=C/CCC(=O)N4CCCC4C(=O)N3)O[C@@]2(C)CCC1(C)C.O=C(O)N1Cc2ccccc2C1. The van der Waals surface area contributed by atoms with Gasteiger partial charge in [0.05, 0.1) is 17.6 Å². The van der Waals surface area contributed by atoms with Gasteiger partial charge in [0.2, 0.25) is 11.8 Å². The van der Waals surface area contributed by atoms with E-state index in [1.807, 2.05) is 38.1 Å². The largest absolute Gasteiger partial charge is 0.481 e. The summed E-state index contributed by atoms with van der Waals surface area (Å²) >= 11 is 0. The van der Waals surface area contributed by atoms with Crippen molar-refractivity contribution in [2.24, 2.45) is 17.1 Å². The third-order valence-electron chi connectivity index (χ3n) is 11.6. The molecular weight excluding hydrogens is 711 g/mol. The molecule has 0 aromatic heterocycles. The summed E-state index contributed by atoms with van der Waals surface area (Å²) in [5.41, 5.74) is 6.42. The third-order valence-corrected chi connectivity index (χ3v) is 11.6. The van der Waals surface area contributed by atoms with Gasteiger partial charge in [-0.25, -0.2) is 9.59 Å². The zero-order valence-corrected chi connectivity index (χ0v) is 35.7. The van der Waals surface area contributed by atoms with E-state index in [0.717, 1.165) is 68.9 Å². The number of amides is 4. The van der Waals surface area contributed by atoms with Gasteiger partial charge in [0.1, 0.15) is 11.6 Å². The number of benzene rings is 1. The van der Waals surface area contributed by atoms with Gasteiger partial charge in [-0.3, -0.25) is 14.5 Å². The summed E-state index contributed by atoms with van der Waals surface area (Å²) in [7, 11) is -0.428. The average molecular weight is 783 g/mol. The predicted octanol–water partition coefficient (Wildman–Crippen LogP) is 8.40. The first-order chi connectivity index (χ1) is 26.4. The van der Waals surface area contributed by atoms with Crippen LogP contribution in [0.3, 0.4) is 0 Å². The maximum absolute atomic E-state index is 13.4. The Hall–Kier alpha value is -3.58. The van der Waals surface area contributed by atoms with Gasteiger partial charge in [0, 0.05) is 26.1 Å². The molecule has 1 aromatic rings. The highest BCUT2D eigenvalue weighted by Gasteiger charge is 2.58. The molecule has 5 atom stereocenters. The molecule has 2 saturated heterocycles. The molecule has 5 aliphatic rings. The fourth-order valence-corrected chi connectivity index (χ4v) is 8.11. The van der Waals surface area contributed by atoms with Crippen molar-refractivity contribution in [3.05, 3.63) is 47.5 Å². The number of carboxylic acid groups (broad SMARTS) is 1. The molecule has 4 heterocycles. The van der Waals surface area contributed by atoms with Crippen LogP contribution < -0.4 is 11.1 Å². The number of allylic oxidation sites excluding steroid dienone is 2. The molecule has 1 aromatic carbocycles. The Morgan fingerprint density at radius 1 is 0.946 bits per heavy atom. The molecule has 13 heteroatoms. The van der Waals surface area contributed by atoms with Crippen LogP contribution in [-0.2, 0) is 36.7 Å². The van der Waals surface area contributed by atoms with E-state index < -0.39 is 24.9 Å². The Balaban J connectivity index is 0.000000311. The van der Waals surface area contributed by atoms with Crippen LogP contribution in [0.4, 0.5) is 9.59 Å². The van der Waals surface area contributed by atoms with Crippen molar-refractivity contribution in [3.63, 3.8) is 0 Å². The van der Waals surface area contributed by atoms with E-state index in [9.17, 15) is 19.2 Å². The summed E-state index contributed by atoms with van der Waals surface area (Å²) in [5, 5.41) is 12.0. The number of carbonyl (C=O) groups excluding carboxylic acids is 3. The summed E-state index contributed by atoms with van der Waals surface area (Å²) in [6.45, 7) is 20.1. The summed E-state index contributed by atoms with van der Waals surface area (Å²) in [4.78, 5) is 50.1. The van der Waals surface area contributed by atoms with Crippen LogP contribution in [0.15, 0.2) is 36.4 Å². The van der Waals surface area contributed by atoms with Crippen LogP contribution in [0.5, 0.6) is 0 Å². The molecule has 4 aliphatic heterocycles. The highest BCUT2D eigenvalue weighted by molar-refractivity contribution is 6.47. The molecule has 6 rings (SSSR count). The van der Waals surface area contributed by atoms with E-state index in [-0.39, 0.29) is 40.9 Å². The minimum absolute atomic E-state index is 0.0369. The fourth-order valence-electron chi connectivity index (χ4n) is 8.11. The highest BCUT2D eigenvalue weighted by Crippen LogP contribution is 2.50. The zero-order chi connectivity index (χ0) is 41.7. The molecule has 4 N–H and O–H groups in total. The molecule has 1 saturated carbocycles. The molecule has 0 spiro atoms. The molecule has 3 fully saturated rings. The number of carbonyl (C=O) groups is 4. The first kappa shape index (κ1) is 46.8. The highest BCUT2D eigenvalue weighted by atomic mass is 16.7. The first-order valence-electron chi connectivity index (χ1n) is 21.0. The van der Waals surface area contributed by atoms with Gasteiger partial charge in [-0.15, -0.1) is 0 Å². The maximum Gasteiger partial charge on any atom is 0.481 e. The normalized spacial score (nSPS) is 28.3.